The molecule has 90 valence electrons. The number of Topliss-reactive ketones (excluding diaryl/α,β-unsaturated/α-hetero) is 1. The number of rotatable bonds is 3. The lowest BCUT2D eigenvalue weighted by atomic mass is 9.69. The van der Waals surface area contributed by atoms with E-state index in [4.69, 9.17) is 9.47 Å². The predicted octanol–water partition coefficient (Wildman–Crippen LogP) is 2.46. The number of carbonyl (C=O) groups is 1. The zero-order chi connectivity index (χ0) is 11.6. The smallest absolute Gasteiger partial charge is 0.168 e. The fraction of sp³-hybridized carbons (Fsp3) is 0.769. The monoisotopic (exact) mass is 224 g/mol. The minimum absolute atomic E-state index is 0.0214. The predicted molar refractivity (Wildman–Crippen MR) is 61.0 cm³/mol. The maximum Gasteiger partial charge on any atom is 0.168 e. The van der Waals surface area contributed by atoms with Crippen molar-refractivity contribution in [1.82, 2.24) is 0 Å². The van der Waals surface area contributed by atoms with E-state index in [1.54, 1.807) is 6.92 Å². The number of ketones is 1. The van der Waals surface area contributed by atoms with Crippen molar-refractivity contribution in [2.45, 2.75) is 44.8 Å². The van der Waals surface area contributed by atoms with E-state index in [1.807, 2.05) is 6.08 Å². The van der Waals surface area contributed by atoms with E-state index in [0.717, 1.165) is 25.7 Å². The fourth-order valence-corrected chi connectivity index (χ4v) is 2.86. The summed E-state index contributed by atoms with van der Waals surface area (Å²) < 4.78 is 11.4. The molecule has 3 nitrogen and oxygen atoms in total. The van der Waals surface area contributed by atoms with Crippen LogP contribution in [0.5, 0.6) is 0 Å². The lowest BCUT2D eigenvalue weighted by Crippen LogP contribution is -2.39. The second-order valence-corrected chi connectivity index (χ2v) is 5.05. The molecule has 0 unspecified atom stereocenters. The number of carbonyl (C=O) groups excluding carboxylic acids is 1. The van der Waals surface area contributed by atoms with Crippen LogP contribution in [0.2, 0.25) is 0 Å². The SMILES string of the molecule is C=CC1(CC(C)=O)CCC2(CC1)OCCO2. The van der Waals surface area contributed by atoms with Gasteiger partial charge in [-0.1, -0.05) is 6.08 Å². The summed E-state index contributed by atoms with van der Waals surface area (Å²) >= 11 is 0. The Morgan fingerprint density at radius 2 is 1.81 bits per heavy atom. The van der Waals surface area contributed by atoms with Crippen LogP contribution in [0.1, 0.15) is 39.0 Å². The van der Waals surface area contributed by atoms with Gasteiger partial charge >= 0.3 is 0 Å². The lowest BCUT2D eigenvalue weighted by molar-refractivity contribution is -0.188. The molecule has 0 atom stereocenters. The molecule has 1 aliphatic heterocycles. The zero-order valence-electron chi connectivity index (χ0n) is 9.96. The Balaban J connectivity index is 2.00. The van der Waals surface area contributed by atoms with Gasteiger partial charge in [-0.25, -0.2) is 0 Å². The van der Waals surface area contributed by atoms with Crippen LogP contribution in [-0.2, 0) is 14.3 Å². The molecule has 0 aromatic carbocycles. The quantitative estimate of drug-likeness (QED) is 0.691. The first-order valence-corrected chi connectivity index (χ1v) is 6.01. The molecule has 0 bridgehead atoms. The maximum atomic E-state index is 11.3. The highest BCUT2D eigenvalue weighted by molar-refractivity contribution is 5.76. The van der Waals surface area contributed by atoms with Crippen LogP contribution in [0.4, 0.5) is 0 Å². The van der Waals surface area contributed by atoms with Gasteiger partial charge in [0.15, 0.2) is 5.79 Å². The van der Waals surface area contributed by atoms with Gasteiger partial charge in [-0.2, -0.15) is 0 Å². The maximum absolute atomic E-state index is 11.3. The van der Waals surface area contributed by atoms with Crippen LogP contribution in [0.15, 0.2) is 12.7 Å². The summed E-state index contributed by atoms with van der Waals surface area (Å²) in [5.74, 6) is -0.104. The van der Waals surface area contributed by atoms with Crippen LogP contribution in [0.3, 0.4) is 0 Å². The van der Waals surface area contributed by atoms with Gasteiger partial charge in [0.2, 0.25) is 0 Å². The van der Waals surface area contributed by atoms with Crippen LogP contribution in [0, 0.1) is 5.41 Å². The van der Waals surface area contributed by atoms with Crippen LogP contribution >= 0.6 is 0 Å². The molecular formula is C13H20O3. The van der Waals surface area contributed by atoms with Crippen molar-refractivity contribution in [3.05, 3.63) is 12.7 Å². The molecule has 0 N–H and O–H groups in total. The van der Waals surface area contributed by atoms with Crippen molar-refractivity contribution < 1.29 is 14.3 Å². The summed E-state index contributed by atoms with van der Waals surface area (Å²) in [6, 6.07) is 0. The van der Waals surface area contributed by atoms with E-state index in [0.29, 0.717) is 19.6 Å². The van der Waals surface area contributed by atoms with E-state index in [9.17, 15) is 4.79 Å². The second kappa shape index (κ2) is 4.30. The molecule has 2 fully saturated rings. The molecule has 3 heteroatoms. The molecule has 2 aliphatic rings. The molecule has 0 radical (unpaired) electrons. The standard InChI is InChI=1S/C13H20O3/c1-3-12(10-11(2)14)4-6-13(7-5-12)15-8-9-16-13/h3H,1,4-10H2,2H3. The van der Waals surface area contributed by atoms with E-state index < -0.39 is 0 Å². The summed E-state index contributed by atoms with van der Waals surface area (Å²) in [5.41, 5.74) is -0.0214. The van der Waals surface area contributed by atoms with Crippen molar-refractivity contribution in [2.75, 3.05) is 13.2 Å². The molecule has 1 heterocycles. The van der Waals surface area contributed by atoms with E-state index in [1.165, 1.54) is 0 Å². The third-order valence-corrected chi connectivity index (χ3v) is 3.86. The van der Waals surface area contributed by atoms with Crippen LogP contribution in [-0.4, -0.2) is 24.8 Å². The van der Waals surface area contributed by atoms with Crippen molar-refractivity contribution in [1.29, 1.82) is 0 Å². The van der Waals surface area contributed by atoms with Gasteiger partial charge in [0.1, 0.15) is 5.78 Å². The highest BCUT2D eigenvalue weighted by Gasteiger charge is 2.45. The topological polar surface area (TPSA) is 35.5 Å². The van der Waals surface area contributed by atoms with Crippen LogP contribution in [0.25, 0.3) is 0 Å². The Hall–Kier alpha value is -0.670. The Morgan fingerprint density at radius 3 is 2.25 bits per heavy atom. The Morgan fingerprint density at radius 1 is 1.25 bits per heavy atom. The third kappa shape index (κ3) is 2.20. The van der Waals surface area contributed by atoms with Gasteiger partial charge in [-0.15, -0.1) is 6.58 Å². The van der Waals surface area contributed by atoms with Gasteiger partial charge in [0.05, 0.1) is 13.2 Å². The van der Waals surface area contributed by atoms with Gasteiger partial charge in [0, 0.05) is 19.3 Å². The number of allylic oxidation sites excluding steroid dienone is 1. The zero-order valence-corrected chi connectivity index (χ0v) is 9.96. The summed E-state index contributed by atoms with van der Waals surface area (Å²) in [4.78, 5) is 11.3. The summed E-state index contributed by atoms with van der Waals surface area (Å²) in [5, 5.41) is 0. The molecule has 2 rings (SSSR count). The number of hydrogen-bond acceptors (Lipinski definition) is 3. The molecule has 1 saturated carbocycles. The molecule has 1 aliphatic carbocycles. The average Bonchev–Trinajstić information content (AvgIpc) is 2.71. The molecule has 0 aromatic rings. The first-order valence-electron chi connectivity index (χ1n) is 6.01. The van der Waals surface area contributed by atoms with Crippen molar-refractivity contribution in [2.24, 2.45) is 5.41 Å². The summed E-state index contributed by atoms with van der Waals surface area (Å²) in [7, 11) is 0. The Bertz CT molecular complexity index is 280. The third-order valence-electron chi connectivity index (χ3n) is 3.86. The first-order chi connectivity index (χ1) is 7.60. The summed E-state index contributed by atoms with van der Waals surface area (Å²) in [6.07, 6.45) is 6.20. The van der Waals surface area contributed by atoms with Gasteiger partial charge < -0.3 is 9.47 Å². The summed E-state index contributed by atoms with van der Waals surface area (Å²) in [6.45, 7) is 6.95. The average molecular weight is 224 g/mol. The van der Waals surface area contributed by atoms with E-state index in [-0.39, 0.29) is 17.0 Å². The van der Waals surface area contributed by atoms with Crippen molar-refractivity contribution in [3.63, 3.8) is 0 Å². The number of hydrogen-bond donors (Lipinski definition) is 0. The molecular weight excluding hydrogens is 204 g/mol. The lowest BCUT2D eigenvalue weighted by Gasteiger charge is -2.41. The normalized spacial score (nSPS) is 26.8. The van der Waals surface area contributed by atoms with E-state index in [2.05, 4.69) is 6.58 Å². The first kappa shape index (κ1) is 11.8. The highest BCUT2D eigenvalue weighted by atomic mass is 16.7. The van der Waals surface area contributed by atoms with Crippen molar-refractivity contribution >= 4 is 5.78 Å². The molecule has 0 aromatic heterocycles. The highest BCUT2D eigenvalue weighted by Crippen LogP contribution is 2.47. The van der Waals surface area contributed by atoms with E-state index >= 15 is 0 Å². The Labute approximate surface area is 96.8 Å². The molecule has 1 saturated heterocycles. The molecule has 16 heavy (non-hydrogen) atoms. The van der Waals surface area contributed by atoms with Crippen LogP contribution < -0.4 is 0 Å². The number of ether oxygens (including phenoxy) is 2. The Kier molecular flexibility index (Phi) is 3.17. The fourth-order valence-electron chi connectivity index (χ4n) is 2.86. The van der Waals surface area contributed by atoms with Crippen molar-refractivity contribution in [3.8, 4) is 0 Å². The van der Waals surface area contributed by atoms with Gasteiger partial charge in [-0.05, 0) is 25.2 Å². The van der Waals surface area contributed by atoms with Gasteiger partial charge in [-0.3, -0.25) is 4.79 Å². The van der Waals surface area contributed by atoms with Gasteiger partial charge in [0.25, 0.3) is 0 Å². The second-order valence-electron chi connectivity index (χ2n) is 5.05. The largest absolute Gasteiger partial charge is 0.348 e. The molecule has 1 spiro atoms. The minimum Gasteiger partial charge on any atom is -0.348 e. The molecule has 0 amide bonds. The minimum atomic E-state index is -0.344.